The van der Waals surface area contributed by atoms with Crippen LogP contribution in [0.15, 0.2) is 97.3 Å². The molecule has 0 aromatic heterocycles. The van der Waals surface area contributed by atoms with Crippen molar-refractivity contribution in [2.75, 3.05) is 52.4 Å². The molecule has 424 valence electrons. The van der Waals surface area contributed by atoms with Gasteiger partial charge >= 0.3 is 0 Å². The van der Waals surface area contributed by atoms with Crippen molar-refractivity contribution >= 4 is 50.2 Å². The van der Waals surface area contributed by atoms with Gasteiger partial charge in [0, 0.05) is 52.4 Å². The highest BCUT2D eigenvalue weighted by atomic mass is 32.2. The number of rotatable bonds is 26. The van der Waals surface area contributed by atoms with E-state index in [0.29, 0.717) is 44.5 Å². The van der Waals surface area contributed by atoms with Crippen molar-refractivity contribution < 1.29 is 46.3 Å². The summed E-state index contributed by atoms with van der Waals surface area (Å²) in [6, 6.07) is 20.1. The molecule has 0 spiro atoms. The molecule has 5 rings (SSSR count). The normalized spacial score (nSPS) is 13.4. The summed E-state index contributed by atoms with van der Waals surface area (Å²) in [5, 5.41) is 0. The van der Waals surface area contributed by atoms with Gasteiger partial charge in [-0.2, -0.15) is 25.6 Å². The van der Waals surface area contributed by atoms with Crippen molar-refractivity contribution in [3.63, 3.8) is 0 Å². The fraction of sp³-hybridized carbons (Fsp3) is 0.474. The van der Waals surface area contributed by atoms with Crippen LogP contribution in [0.2, 0.25) is 0 Å². The van der Waals surface area contributed by atoms with E-state index in [9.17, 15) is 25.3 Å². The van der Waals surface area contributed by atoms with Gasteiger partial charge in [0.05, 0.1) is 30.6 Å². The number of sulfonamides is 4. The predicted molar refractivity (Wildman–Crippen MR) is 306 cm³/mol. The molecule has 15 nitrogen and oxygen atoms in total. The summed E-state index contributed by atoms with van der Waals surface area (Å²) in [6.45, 7) is 25.0. The van der Waals surface area contributed by atoms with E-state index in [2.05, 4.69) is 0 Å². The lowest BCUT2D eigenvalue weighted by atomic mass is 10.1. The van der Waals surface area contributed by atoms with Crippen LogP contribution in [0.5, 0.6) is 0 Å². The minimum atomic E-state index is -4.64. The van der Waals surface area contributed by atoms with Gasteiger partial charge in [0.25, 0.3) is 10.1 Å². The summed E-state index contributed by atoms with van der Waals surface area (Å²) >= 11 is 0. The van der Waals surface area contributed by atoms with Crippen LogP contribution in [0.3, 0.4) is 0 Å². The summed E-state index contributed by atoms with van der Waals surface area (Å²) in [5.41, 5.74) is 8.42. The summed E-state index contributed by atoms with van der Waals surface area (Å²) < 4.78 is 158. The van der Waals surface area contributed by atoms with Crippen LogP contribution >= 0.6 is 0 Å². The first kappa shape index (κ1) is 63.5. The highest BCUT2D eigenvalue weighted by Gasteiger charge is 2.36. The Morgan fingerprint density at radius 2 is 0.636 bits per heavy atom. The quantitative estimate of drug-likeness (QED) is 0.0479. The van der Waals surface area contributed by atoms with Gasteiger partial charge in [-0.1, -0.05) is 102 Å². The van der Waals surface area contributed by atoms with Gasteiger partial charge in [-0.3, -0.25) is 4.18 Å². The van der Waals surface area contributed by atoms with Crippen molar-refractivity contribution in [1.82, 2.24) is 17.2 Å². The number of hydrogen-bond acceptors (Lipinski definition) is 11. The molecule has 1 atom stereocenters. The van der Waals surface area contributed by atoms with Crippen LogP contribution in [-0.4, -0.2) is 118 Å². The van der Waals surface area contributed by atoms with E-state index in [-0.39, 0.29) is 89.6 Å². The van der Waals surface area contributed by atoms with E-state index < -0.39 is 62.9 Å². The number of benzene rings is 5. The molecular weight excluding hydrogens is 1080 g/mol. The maximum absolute atomic E-state index is 15.3. The summed E-state index contributed by atoms with van der Waals surface area (Å²) in [4.78, 5) is 0.195. The molecule has 0 saturated heterocycles. The Morgan fingerprint density at radius 1 is 0.364 bits per heavy atom. The standard InChI is InChI=1S/C57H80N4O11S5/c1-16-58(73(62,63)54-44(8)30-40(4)31-45(54)9)25-18-27-60(75(66,67)56-48(12)34-42(6)35-49(56)13)29-24-52(72-77(70,71)53-22-20-39(3)21-23-53)38-61(76(68,69)57-50(14)36-43(7)37-51(57)15)28-19-26-59(17-2)74(64,65)55-46(10)32-41(5)33-47(55)11/h20-23,30-37,52H,16-19,24-29,38H2,1-15H3. The second-order valence-electron chi connectivity index (χ2n) is 20.7. The fourth-order valence-corrected chi connectivity index (χ4v) is 19.6. The Hall–Kier alpha value is -4.35. The fourth-order valence-electron chi connectivity index (χ4n) is 10.8. The molecule has 0 N–H and O–H groups in total. The van der Waals surface area contributed by atoms with E-state index in [1.165, 1.54) is 25.0 Å². The van der Waals surface area contributed by atoms with Gasteiger partial charge in [-0.05, 0) is 166 Å². The molecule has 0 bridgehead atoms. The highest BCUT2D eigenvalue weighted by Crippen LogP contribution is 2.32. The van der Waals surface area contributed by atoms with E-state index in [0.717, 1.165) is 32.1 Å². The summed E-state index contributed by atoms with van der Waals surface area (Å²) in [5.74, 6) is 0. The lowest BCUT2D eigenvalue weighted by Gasteiger charge is -2.31. The molecule has 5 aromatic rings. The number of aryl methyl sites for hydroxylation is 13. The first-order valence-corrected chi connectivity index (χ1v) is 33.2. The first-order chi connectivity index (χ1) is 35.7. The van der Waals surface area contributed by atoms with Gasteiger partial charge in [0.1, 0.15) is 0 Å². The summed E-state index contributed by atoms with van der Waals surface area (Å²) in [6.07, 6.45) is -1.82. The lowest BCUT2D eigenvalue weighted by molar-refractivity contribution is 0.157. The Labute approximate surface area is 462 Å². The van der Waals surface area contributed by atoms with Crippen LogP contribution in [0.25, 0.3) is 0 Å². The van der Waals surface area contributed by atoms with Gasteiger partial charge in [-0.15, -0.1) is 0 Å². The van der Waals surface area contributed by atoms with E-state index in [1.54, 1.807) is 137 Å². The molecule has 0 aliphatic heterocycles. The van der Waals surface area contributed by atoms with Crippen LogP contribution in [0.1, 0.15) is 105 Å². The van der Waals surface area contributed by atoms with E-state index in [1.807, 2.05) is 27.7 Å². The van der Waals surface area contributed by atoms with Gasteiger partial charge in [0.15, 0.2) is 0 Å². The zero-order valence-electron chi connectivity index (χ0n) is 47.6. The average molecular weight is 1160 g/mol. The molecular formula is C57H80N4O11S5. The van der Waals surface area contributed by atoms with Gasteiger partial charge in [-0.25, -0.2) is 33.7 Å². The van der Waals surface area contributed by atoms with Gasteiger partial charge < -0.3 is 0 Å². The minimum absolute atomic E-state index is 0.00454. The third-order valence-corrected chi connectivity index (χ3v) is 24.1. The molecule has 0 saturated carbocycles. The van der Waals surface area contributed by atoms with Crippen molar-refractivity contribution in [2.45, 2.75) is 154 Å². The SMILES string of the molecule is CCN(CCCN(CCC(CN(CCCN(CC)S(=O)(=O)c1c(C)cc(C)cc1C)S(=O)(=O)c1c(C)cc(C)cc1C)OS(=O)(=O)c1ccc(C)cc1)S(=O)(=O)c1c(C)cc(C)cc1C)S(=O)(=O)c1c(C)cc(C)cc1C. The molecule has 5 aromatic carbocycles. The van der Waals surface area contributed by atoms with Crippen LogP contribution < -0.4 is 0 Å². The molecule has 0 heterocycles. The molecule has 1 unspecified atom stereocenters. The monoisotopic (exact) mass is 1160 g/mol. The maximum atomic E-state index is 15.3. The summed E-state index contributed by atoms with van der Waals surface area (Å²) in [7, 11) is -21.6. The van der Waals surface area contributed by atoms with E-state index >= 15 is 16.8 Å². The van der Waals surface area contributed by atoms with Crippen LogP contribution in [0.4, 0.5) is 0 Å². The Balaban J connectivity index is 1.60. The second-order valence-corrected chi connectivity index (χ2v) is 29.7. The van der Waals surface area contributed by atoms with Crippen LogP contribution in [-0.2, 0) is 54.4 Å². The van der Waals surface area contributed by atoms with Gasteiger partial charge in [0.2, 0.25) is 40.1 Å². The highest BCUT2D eigenvalue weighted by molar-refractivity contribution is 7.90. The topological polar surface area (TPSA) is 193 Å². The third kappa shape index (κ3) is 14.7. The lowest BCUT2D eigenvalue weighted by Crippen LogP contribution is -2.44. The molecule has 0 fully saturated rings. The first-order valence-electron chi connectivity index (χ1n) is 26.0. The van der Waals surface area contributed by atoms with Crippen molar-refractivity contribution in [3.05, 3.63) is 145 Å². The molecule has 0 radical (unpaired) electrons. The Kier molecular flexibility index (Phi) is 20.9. The number of nitrogens with zero attached hydrogens (tertiary/aromatic N) is 4. The zero-order valence-corrected chi connectivity index (χ0v) is 51.7. The van der Waals surface area contributed by atoms with Crippen molar-refractivity contribution in [3.8, 4) is 0 Å². The largest absolute Gasteiger partial charge is 0.297 e. The number of hydrogen-bond donors (Lipinski definition) is 0. The Morgan fingerprint density at radius 3 is 0.948 bits per heavy atom. The van der Waals surface area contributed by atoms with E-state index in [4.69, 9.17) is 4.18 Å². The maximum Gasteiger partial charge on any atom is 0.297 e. The predicted octanol–water partition coefficient (Wildman–Crippen LogP) is 9.74. The minimum Gasteiger partial charge on any atom is -0.262 e. The zero-order chi connectivity index (χ0) is 57.7. The van der Waals surface area contributed by atoms with Crippen molar-refractivity contribution in [1.29, 1.82) is 0 Å². The Bertz CT molecular complexity index is 3450. The average Bonchev–Trinajstić information content (AvgIpc) is 3.27. The molecule has 77 heavy (non-hydrogen) atoms. The molecule has 20 heteroatoms. The van der Waals surface area contributed by atoms with Crippen molar-refractivity contribution in [2.24, 2.45) is 0 Å². The smallest absolute Gasteiger partial charge is 0.262 e. The molecule has 0 aliphatic carbocycles. The molecule has 0 amide bonds. The van der Waals surface area contributed by atoms with Crippen LogP contribution in [0, 0.1) is 90.0 Å². The third-order valence-electron chi connectivity index (χ3n) is 13.8. The molecule has 0 aliphatic rings. The second kappa shape index (κ2) is 25.4.